The summed E-state index contributed by atoms with van der Waals surface area (Å²) in [5, 5.41) is 4.36. The molecule has 0 radical (unpaired) electrons. The third-order valence-electron chi connectivity index (χ3n) is 4.58. The lowest BCUT2D eigenvalue weighted by atomic mass is 10.0. The van der Waals surface area contributed by atoms with Crippen LogP contribution in [0.2, 0.25) is 5.02 Å². The van der Waals surface area contributed by atoms with E-state index in [2.05, 4.69) is 5.32 Å². The molecule has 1 aromatic rings. The van der Waals surface area contributed by atoms with Crippen molar-refractivity contribution in [1.29, 1.82) is 0 Å². The van der Waals surface area contributed by atoms with Gasteiger partial charge in [-0.3, -0.25) is 4.79 Å². The maximum absolute atomic E-state index is 12.5. The van der Waals surface area contributed by atoms with E-state index < -0.39 is 0 Å². The zero-order valence-corrected chi connectivity index (χ0v) is 14.6. The SMILES string of the molecule is Cc1cc(C(=O)N2CCC(NCC3CC3)CC2)ccc1Cl.Cl. The average Bonchev–Trinajstić information content (AvgIpc) is 3.32. The molecule has 0 aromatic heterocycles. The van der Waals surface area contributed by atoms with Crippen LogP contribution >= 0.6 is 24.0 Å². The van der Waals surface area contributed by atoms with Gasteiger partial charge in [0.25, 0.3) is 5.91 Å². The standard InChI is InChI=1S/C17H23ClN2O.ClH/c1-12-10-14(4-5-16(12)18)17(21)20-8-6-15(7-9-20)19-11-13-2-3-13;/h4-5,10,13,15,19H,2-3,6-9,11H2,1H3;1H. The quantitative estimate of drug-likeness (QED) is 0.905. The van der Waals surface area contributed by atoms with Crippen molar-refractivity contribution in [2.45, 2.75) is 38.6 Å². The first kappa shape index (κ1) is 17.6. The molecule has 2 fully saturated rings. The Bertz CT molecular complexity index is 523. The minimum atomic E-state index is 0. The van der Waals surface area contributed by atoms with Gasteiger partial charge in [0.15, 0.2) is 0 Å². The van der Waals surface area contributed by atoms with Crippen LogP contribution in [0.15, 0.2) is 18.2 Å². The predicted octanol–water partition coefficient (Wildman–Crippen LogP) is 3.67. The fraction of sp³-hybridized carbons (Fsp3) is 0.588. The van der Waals surface area contributed by atoms with Gasteiger partial charge in [-0.15, -0.1) is 12.4 Å². The number of rotatable bonds is 4. The van der Waals surface area contributed by atoms with Crippen molar-refractivity contribution in [1.82, 2.24) is 10.2 Å². The van der Waals surface area contributed by atoms with Gasteiger partial charge in [0.05, 0.1) is 0 Å². The van der Waals surface area contributed by atoms with Gasteiger partial charge in [-0.2, -0.15) is 0 Å². The van der Waals surface area contributed by atoms with Gasteiger partial charge in [0.2, 0.25) is 0 Å². The minimum absolute atomic E-state index is 0. The minimum Gasteiger partial charge on any atom is -0.339 e. The summed E-state index contributed by atoms with van der Waals surface area (Å²) in [5.74, 6) is 1.05. The number of aryl methyl sites for hydroxylation is 1. The Morgan fingerprint density at radius 1 is 1.27 bits per heavy atom. The van der Waals surface area contributed by atoms with Gasteiger partial charge in [-0.1, -0.05) is 11.6 Å². The molecule has 3 rings (SSSR count). The van der Waals surface area contributed by atoms with Crippen LogP contribution in [0.4, 0.5) is 0 Å². The van der Waals surface area contributed by atoms with Crippen LogP contribution < -0.4 is 5.32 Å². The molecular weight excluding hydrogens is 319 g/mol. The van der Waals surface area contributed by atoms with Gasteiger partial charge >= 0.3 is 0 Å². The predicted molar refractivity (Wildman–Crippen MR) is 93.1 cm³/mol. The summed E-state index contributed by atoms with van der Waals surface area (Å²) in [5.41, 5.74) is 1.71. The fourth-order valence-corrected chi connectivity index (χ4v) is 3.02. The number of hydrogen-bond donors (Lipinski definition) is 1. The van der Waals surface area contributed by atoms with Crippen LogP contribution in [-0.4, -0.2) is 36.5 Å². The van der Waals surface area contributed by atoms with Crippen molar-refractivity contribution in [2.75, 3.05) is 19.6 Å². The van der Waals surface area contributed by atoms with Crippen molar-refractivity contribution in [2.24, 2.45) is 5.92 Å². The summed E-state index contributed by atoms with van der Waals surface area (Å²) in [6, 6.07) is 6.12. The first-order chi connectivity index (χ1) is 10.1. The maximum atomic E-state index is 12.5. The second kappa shape index (κ2) is 7.67. The Morgan fingerprint density at radius 3 is 2.55 bits per heavy atom. The molecule has 22 heavy (non-hydrogen) atoms. The summed E-state index contributed by atoms with van der Waals surface area (Å²) in [6.45, 7) is 4.80. The molecule has 3 nitrogen and oxygen atoms in total. The third kappa shape index (κ3) is 4.37. The van der Waals surface area contributed by atoms with E-state index in [0.29, 0.717) is 6.04 Å². The second-order valence-corrected chi connectivity index (χ2v) is 6.79. The molecule has 0 atom stereocenters. The molecule has 1 saturated carbocycles. The lowest BCUT2D eigenvalue weighted by Crippen LogP contribution is -2.45. The summed E-state index contributed by atoms with van der Waals surface area (Å²) >= 11 is 6.02. The average molecular weight is 343 g/mol. The molecule has 122 valence electrons. The van der Waals surface area contributed by atoms with E-state index in [1.165, 1.54) is 12.8 Å². The normalized spacial score (nSPS) is 18.9. The number of carbonyl (C=O) groups is 1. The molecule has 2 aliphatic rings. The number of nitrogens with one attached hydrogen (secondary N) is 1. The fourth-order valence-electron chi connectivity index (χ4n) is 2.90. The molecule has 1 amide bonds. The van der Waals surface area contributed by atoms with E-state index in [0.717, 1.165) is 54.5 Å². The number of amides is 1. The highest BCUT2D eigenvalue weighted by Crippen LogP contribution is 2.28. The lowest BCUT2D eigenvalue weighted by molar-refractivity contribution is 0.0705. The topological polar surface area (TPSA) is 32.3 Å². The van der Waals surface area contributed by atoms with Crippen molar-refractivity contribution < 1.29 is 4.79 Å². The molecule has 0 bridgehead atoms. The number of likely N-dealkylation sites (tertiary alicyclic amines) is 1. The number of nitrogens with zero attached hydrogens (tertiary/aromatic N) is 1. The Hall–Kier alpha value is -0.770. The van der Waals surface area contributed by atoms with Crippen molar-refractivity contribution in [3.05, 3.63) is 34.3 Å². The third-order valence-corrected chi connectivity index (χ3v) is 5.00. The first-order valence-electron chi connectivity index (χ1n) is 7.92. The van der Waals surface area contributed by atoms with E-state index in [1.54, 1.807) is 0 Å². The molecular formula is C17H24Cl2N2O. The number of piperidine rings is 1. The van der Waals surface area contributed by atoms with Gasteiger partial charge in [-0.05, 0) is 68.8 Å². The largest absolute Gasteiger partial charge is 0.339 e. The molecule has 1 saturated heterocycles. The number of carbonyl (C=O) groups excluding carboxylic acids is 1. The number of halogens is 2. The van der Waals surface area contributed by atoms with E-state index in [-0.39, 0.29) is 18.3 Å². The van der Waals surface area contributed by atoms with Crippen LogP contribution in [0.25, 0.3) is 0 Å². The zero-order chi connectivity index (χ0) is 14.8. The molecule has 5 heteroatoms. The van der Waals surface area contributed by atoms with Crippen LogP contribution in [0.1, 0.15) is 41.6 Å². The first-order valence-corrected chi connectivity index (χ1v) is 8.30. The Balaban J connectivity index is 0.00000176. The monoisotopic (exact) mass is 342 g/mol. The molecule has 1 heterocycles. The Labute approximate surface area is 143 Å². The number of benzene rings is 1. The molecule has 1 aromatic carbocycles. The summed E-state index contributed by atoms with van der Waals surface area (Å²) in [6.07, 6.45) is 4.90. The van der Waals surface area contributed by atoms with Crippen LogP contribution in [-0.2, 0) is 0 Å². The number of hydrogen-bond acceptors (Lipinski definition) is 2. The van der Waals surface area contributed by atoms with Crippen LogP contribution in [0, 0.1) is 12.8 Å². The van der Waals surface area contributed by atoms with Gasteiger partial charge in [0, 0.05) is 29.7 Å². The highest BCUT2D eigenvalue weighted by Gasteiger charge is 2.26. The van der Waals surface area contributed by atoms with E-state index in [4.69, 9.17) is 11.6 Å². The zero-order valence-electron chi connectivity index (χ0n) is 13.0. The van der Waals surface area contributed by atoms with E-state index in [1.807, 2.05) is 30.0 Å². The summed E-state index contributed by atoms with van der Waals surface area (Å²) in [7, 11) is 0. The van der Waals surface area contributed by atoms with Crippen molar-refractivity contribution in [3.63, 3.8) is 0 Å². The molecule has 0 spiro atoms. The van der Waals surface area contributed by atoms with Gasteiger partial charge < -0.3 is 10.2 Å². The smallest absolute Gasteiger partial charge is 0.253 e. The maximum Gasteiger partial charge on any atom is 0.253 e. The highest BCUT2D eigenvalue weighted by molar-refractivity contribution is 6.31. The van der Waals surface area contributed by atoms with E-state index >= 15 is 0 Å². The lowest BCUT2D eigenvalue weighted by Gasteiger charge is -2.32. The van der Waals surface area contributed by atoms with Gasteiger partial charge in [0.1, 0.15) is 0 Å². The Kier molecular flexibility index (Phi) is 6.13. The van der Waals surface area contributed by atoms with Crippen LogP contribution in [0.5, 0.6) is 0 Å². The van der Waals surface area contributed by atoms with Crippen molar-refractivity contribution in [3.8, 4) is 0 Å². The summed E-state index contributed by atoms with van der Waals surface area (Å²) in [4.78, 5) is 14.5. The van der Waals surface area contributed by atoms with Crippen molar-refractivity contribution >= 4 is 29.9 Å². The van der Waals surface area contributed by atoms with E-state index in [9.17, 15) is 4.79 Å². The molecule has 1 aliphatic carbocycles. The summed E-state index contributed by atoms with van der Waals surface area (Å²) < 4.78 is 0. The second-order valence-electron chi connectivity index (χ2n) is 6.38. The Morgan fingerprint density at radius 2 is 1.95 bits per heavy atom. The highest BCUT2D eigenvalue weighted by atomic mass is 35.5. The van der Waals surface area contributed by atoms with Crippen LogP contribution in [0.3, 0.4) is 0 Å². The molecule has 1 aliphatic heterocycles. The molecule has 1 N–H and O–H groups in total. The van der Waals surface area contributed by atoms with Gasteiger partial charge in [-0.25, -0.2) is 0 Å². The molecule has 0 unspecified atom stereocenters.